The summed E-state index contributed by atoms with van der Waals surface area (Å²) in [6, 6.07) is 7.73. The van der Waals surface area contributed by atoms with Crippen LogP contribution in [0.4, 0.5) is 8.78 Å². The van der Waals surface area contributed by atoms with Crippen molar-refractivity contribution in [3.05, 3.63) is 68.1 Å². The molecule has 0 atom stereocenters. The second-order valence-electron chi connectivity index (χ2n) is 3.61. The molecule has 0 radical (unpaired) electrons. The zero-order valence-electron chi connectivity index (χ0n) is 8.88. The second-order valence-corrected chi connectivity index (χ2v) is 5.38. The topological polar surface area (TPSA) is 17.1 Å². The molecule has 0 N–H and O–H groups in total. The van der Waals surface area contributed by atoms with E-state index in [2.05, 4.69) is 31.9 Å². The Balaban J connectivity index is 2.47. The molecule has 0 bridgehead atoms. The van der Waals surface area contributed by atoms with Crippen molar-refractivity contribution < 1.29 is 13.6 Å². The largest absolute Gasteiger partial charge is 0.289 e. The van der Waals surface area contributed by atoms with E-state index >= 15 is 0 Å². The Kier molecular flexibility index (Phi) is 3.92. The summed E-state index contributed by atoms with van der Waals surface area (Å²) in [5.74, 6) is -1.98. The standard InChI is InChI=1S/C13H6Br2F2O/c14-8-1-2-11(12(15)5-8)13(18)7-3-9(16)6-10(17)4-7/h1-6H. The minimum absolute atomic E-state index is 0.0180. The molecular formula is C13H6Br2F2O. The van der Waals surface area contributed by atoms with Gasteiger partial charge in [0.2, 0.25) is 0 Å². The summed E-state index contributed by atoms with van der Waals surface area (Å²) in [6.07, 6.45) is 0. The summed E-state index contributed by atoms with van der Waals surface area (Å²) in [4.78, 5) is 12.1. The van der Waals surface area contributed by atoms with Gasteiger partial charge in [0.25, 0.3) is 0 Å². The normalized spacial score (nSPS) is 10.4. The third-order valence-electron chi connectivity index (χ3n) is 2.30. The predicted octanol–water partition coefficient (Wildman–Crippen LogP) is 4.72. The lowest BCUT2D eigenvalue weighted by Crippen LogP contribution is -2.03. The lowest BCUT2D eigenvalue weighted by molar-refractivity contribution is 0.103. The molecule has 0 aromatic heterocycles. The van der Waals surface area contributed by atoms with Gasteiger partial charge >= 0.3 is 0 Å². The number of carbonyl (C=O) groups excluding carboxylic acids is 1. The predicted molar refractivity (Wildman–Crippen MR) is 71.6 cm³/mol. The van der Waals surface area contributed by atoms with Gasteiger partial charge in [0.15, 0.2) is 5.78 Å². The van der Waals surface area contributed by atoms with E-state index in [9.17, 15) is 13.6 Å². The van der Waals surface area contributed by atoms with E-state index in [-0.39, 0.29) is 5.56 Å². The van der Waals surface area contributed by atoms with E-state index in [1.165, 1.54) is 0 Å². The Labute approximate surface area is 119 Å². The van der Waals surface area contributed by atoms with E-state index in [1.54, 1.807) is 18.2 Å². The number of ketones is 1. The van der Waals surface area contributed by atoms with Crippen LogP contribution in [0.5, 0.6) is 0 Å². The minimum atomic E-state index is -0.772. The quantitative estimate of drug-likeness (QED) is 0.694. The van der Waals surface area contributed by atoms with Gasteiger partial charge in [0, 0.05) is 26.1 Å². The van der Waals surface area contributed by atoms with Crippen LogP contribution in [0.3, 0.4) is 0 Å². The van der Waals surface area contributed by atoms with Crippen LogP contribution in [-0.4, -0.2) is 5.78 Å². The highest BCUT2D eigenvalue weighted by Gasteiger charge is 2.14. The van der Waals surface area contributed by atoms with Crippen molar-refractivity contribution in [1.29, 1.82) is 0 Å². The van der Waals surface area contributed by atoms with E-state index in [1.807, 2.05) is 0 Å². The maximum atomic E-state index is 13.1. The molecule has 2 aromatic rings. The first-order valence-corrected chi connectivity index (χ1v) is 6.52. The summed E-state index contributed by atoms with van der Waals surface area (Å²) in [6.45, 7) is 0. The van der Waals surface area contributed by atoms with E-state index in [0.29, 0.717) is 10.0 Å². The molecule has 0 aliphatic heterocycles. The Hall–Kier alpha value is -1.07. The molecule has 0 aliphatic carbocycles. The molecular weight excluding hydrogens is 370 g/mol. The van der Waals surface area contributed by atoms with Crippen LogP contribution >= 0.6 is 31.9 Å². The summed E-state index contributed by atoms with van der Waals surface area (Å²) in [7, 11) is 0. The van der Waals surface area contributed by atoms with Crippen molar-refractivity contribution >= 4 is 37.6 Å². The number of halogens is 4. The molecule has 0 fully saturated rings. The number of hydrogen-bond acceptors (Lipinski definition) is 1. The number of hydrogen-bond donors (Lipinski definition) is 0. The monoisotopic (exact) mass is 374 g/mol. The van der Waals surface area contributed by atoms with Crippen LogP contribution < -0.4 is 0 Å². The van der Waals surface area contributed by atoms with Gasteiger partial charge in [-0.2, -0.15) is 0 Å². The fourth-order valence-electron chi connectivity index (χ4n) is 1.51. The molecule has 0 aliphatic rings. The Morgan fingerprint density at radius 1 is 0.944 bits per heavy atom. The summed E-state index contributed by atoms with van der Waals surface area (Å²) < 4.78 is 27.5. The third kappa shape index (κ3) is 2.84. The van der Waals surface area contributed by atoms with Crippen molar-refractivity contribution in [2.45, 2.75) is 0 Å². The van der Waals surface area contributed by atoms with Gasteiger partial charge < -0.3 is 0 Å². The average Bonchev–Trinajstić information content (AvgIpc) is 2.26. The summed E-state index contributed by atoms with van der Waals surface area (Å²) in [5, 5.41) is 0. The Morgan fingerprint density at radius 3 is 2.11 bits per heavy atom. The van der Waals surface area contributed by atoms with Crippen LogP contribution in [0, 0.1) is 11.6 Å². The maximum Gasteiger partial charge on any atom is 0.194 e. The van der Waals surface area contributed by atoms with Crippen molar-refractivity contribution in [1.82, 2.24) is 0 Å². The number of rotatable bonds is 2. The van der Waals surface area contributed by atoms with Gasteiger partial charge in [-0.1, -0.05) is 15.9 Å². The summed E-state index contributed by atoms with van der Waals surface area (Å²) in [5.41, 5.74) is 0.332. The first-order valence-electron chi connectivity index (χ1n) is 4.93. The molecule has 0 spiro atoms. The molecule has 0 unspecified atom stereocenters. The number of benzene rings is 2. The van der Waals surface area contributed by atoms with Gasteiger partial charge in [-0.05, 0) is 46.3 Å². The van der Waals surface area contributed by atoms with Gasteiger partial charge in [0.1, 0.15) is 11.6 Å². The molecule has 0 saturated heterocycles. The van der Waals surface area contributed by atoms with Crippen LogP contribution in [0.25, 0.3) is 0 Å². The third-order valence-corrected chi connectivity index (χ3v) is 3.45. The zero-order chi connectivity index (χ0) is 13.3. The second kappa shape index (κ2) is 5.28. The first-order chi connectivity index (χ1) is 8.47. The van der Waals surface area contributed by atoms with Gasteiger partial charge in [-0.25, -0.2) is 8.78 Å². The summed E-state index contributed by atoms with van der Waals surface area (Å²) >= 11 is 6.51. The molecule has 2 rings (SSSR count). The van der Waals surface area contributed by atoms with Gasteiger partial charge in [-0.15, -0.1) is 0 Å². The lowest BCUT2D eigenvalue weighted by atomic mass is 10.0. The van der Waals surface area contributed by atoms with Crippen LogP contribution in [0.1, 0.15) is 15.9 Å². The highest BCUT2D eigenvalue weighted by Crippen LogP contribution is 2.24. The van der Waals surface area contributed by atoms with Crippen molar-refractivity contribution in [3.63, 3.8) is 0 Å². The van der Waals surface area contributed by atoms with E-state index < -0.39 is 17.4 Å². The zero-order valence-corrected chi connectivity index (χ0v) is 12.1. The van der Waals surface area contributed by atoms with Crippen molar-refractivity contribution in [3.8, 4) is 0 Å². The molecule has 0 amide bonds. The molecule has 0 saturated carbocycles. The molecule has 1 nitrogen and oxygen atoms in total. The first kappa shape index (κ1) is 13.4. The number of carbonyl (C=O) groups is 1. The van der Waals surface area contributed by atoms with Crippen molar-refractivity contribution in [2.24, 2.45) is 0 Å². The highest BCUT2D eigenvalue weighted by atomic mass is 79.9. The van der Waals surface area contributed by atoms with E-state index in [4.69, 9.17) is 0 Å². The fraction of sp³-hybridized carbons (Fsp3) is 0. The molecule has 0 heterocycles. The van der Waals surface area contributed by atoms with Crippen molar-refractivity contribution in [2.75, 3.05) is 0 Å². The Bertz CT molecular complexity index is 606. The lowest BCUT2D eigenvalue weighted by Gasteiger charge is -2.05. The maximum absolute atomic E-state index is 13.1. The SMILES string of the molecule is O=C(c1cc(F)cc(F)c1)c1ccc(Br)cc1Br. The molecule has 2 aromatic carbocycles. The highest BCUT2D eigenvalue weighted by molar-refractivity contribution is 9.11. The van der Waals surface area contributed by atoms with Crippen LogP contribution in [0.2, 0.25) is 0 Å². The average molecular weight is 376 g/mol. The smallest absolute Gasteiger partial charge is 0.194 e. The van der Waals surface area contributed by atoms with Crippen LogP contribution in [0.15, 0.2) is 45.3 Å². The molecule has 92 valence electrons. The van der Waals surface area contributed by atoms with Crippen LogP contribution in [-0.2, 0) is 0 Å². The minimum Gasteiger partial charge on any atom is -0.289 e. The van der Waals surface area contributed by atoms with Gasteiger partial charge in [-0.3, -0.25) is 4.79 Å². The Morgan fingerprint density at radius 2 is 1.56 bits per heavy atom. The van der Waals surface area contributed by atoms with Gasteiger partial charge in [0.05, 0.1) is 0 Å². The molecule has 5 heteroatoms. The molecule has 18 heavy (non-hydrogen) atoms. The fourth-order valence-corrected chi connectivity index (χ4v) is 2.74. The van der Waals surface area contributed by atoms with E-state index in [0.717, 1.165) is 22.7 Å².